The van der Waals surface area contributed by atoms with Crippen molar-refractivity contribution in [1.82, 2.24) is 15.5 Å². The van der Waals surface area contributed by atoms with E-state index >= 15 is 0 Å². The Morgan fingerprint density at radius 2 is 2.03 bits per heavy atom. The first-order valence-corrected chi connectivity index (χ1v) is 10.8. The lowest BCUT2D eigenvalue weighted by Crippen LogP contribution is -2.61. The second kappa shape index (κ2) is 8.32. The van der Waals surface area contributed by atoms with Gasteiger partial charge in [0.25, 0.3) is 5.91 Å². The van der Waals surface area contributed by atoms with Gasteiger partial charge in [-0.2, -0.15) is 0 Å². The zero-order valence-corrected chi connectivity index (χ0v) is 18.3. The summed E-state index contributed by atoms with van der Waals surface area (Å²) in [5, 5.41) is 7.22. The third-order valence-corrected chi connectivity index (χ3v) is 6.30. The van der Waals surface area contributed by atoms with Gasteiger partial charge in [-0.05, 0) is 43.2 Å². The Bertz CT molecular complexity index is 960. The predicted octanol–water partition coefficient (Wildman–Crippen LogP) is 4.13. The summed E-state index contributed by atoms with van der Waals surface area (Å²) in [4.78, 5) is 14.9. The van der Waals surface area contributed by atoms with E-state index in [2.05, 4.69) is 22.1 Å². The lowest BCUT2D eigenvalue weighted by Gasteiger charge is -2.44. The molecule has 0 aromatic heterocycles. The molecule has 2 aliphatic rings. The largest absolute Gasteiger partial charge is 0.467 e. The fraction of sp³-hybridized carbons (Fsp3) is 0.375. The van der Waals surface area contributed by atoms with E-state index in [-0.39, 0.29) is 5.91 Å². The molecule has 30 heavy (non-hydrogen) atoms. The number of rotatable bonds is 5. The SMILES string of the molecule is C=C(NCCN1CCC2(CC1)NC(=O)c1ccc(C)cc1O2)c1c(C)cccc1Cl. The van der Waals surface area contributed by atoms with Crippen LogP contribution in [-0.2, 0) is 0 Å². The number of nitrogens with zero attached hydrogens (tertiary/aromatic N) is 1. The molecule has 2 heterocycles. The number of piperidine rings is 1. The number of benzene rings is 2. The molecular formula is C24H28ClN3O2. The lowest BCUT2D eigenvalue weighted by atomic mass is 9.96. The number of hydrogen-bond acceptors (Lipinski definition) is 4. The Morgan fingerprint density at radius 1 is 1.27 bits per heavy atom. The molecule has 2 aromatic carbocycles. The molecule has 2 N–H and O–H groups in total. The number of fused-ring (bicyclic) bond motifs is 1. The second-order valence-corrected chi connectivity index (χ2v) is 8.64. The van der Waals surface area contributed by atoms with E-state index in [1.165, 1.54) is 0 Å². The summed E-state index contributed by atoms with van der Waals surface area (Å²) >= 11 is 6.33. The van der Waals surface area contributed by atoms with Crippen LogP contribution in [-0.4, -0.2) is 42.7 Å². The third kappa shape index (κ3) is 4.18. The highest BCUT2D eigenvalue weighted by Crippen LogP contribution is 2.34. The molecule has 0 saturated carbocycles. The second-order valence-electron chi connectivity index (χ2n) is 8.23. The van der Waals surface area contributed by atoms with Crippen LogP contribution in [0.3, 0.4) is 0 Å². The number of carbonyl (C=O) groups excluding carboxylic acids is 1. The zero-order chi connectivity index (χ0) is 21.3. The lowest BCUT2D eigenvalue weighted by molar-refractivity contribution is -0.0284. The van der Waals surface area contributed by atoms with Gasteiger partial charge in [-0.25, -0.2) is 0 Å². The number of ether oxygens (including phenoxy) is 1. The number of hydrogen-bond donors (Lipinski definition) is 2. The highest BCUT2D eigenvalue weighted by molar-refractivity contribution is 6.32. The fourth-order valence-electron chi connectivity index (χ4n) is 4.24. The van der Waals surface area contributed by atoms with Gasteiger partial charge < -0.3 is 20.3 Å². The highest BCUT2D eigenvalue weighted by Gasteiger charge is 2.42. The minimum absolute atomic E-state index is 0.0437. The first-order chi connectivity index (χ1) is 14.4. The third-order valence-electron chi connectivity index (χ3n) is 5.98. The highest BCUT2D eigenvalue weighted by atomic mass is 35.5. The predicted molar refractivity (Wildman–Crippen MR) is 121 cm³/mol. The Hall–Kier alpha value is -2.50. The van der Waals surface area contributed by atoms with E-state index < -0.39 is 5.72 Å². The quantitative estimate of drug-likeness (QED) is 0.756. The minimum atomic E-state index is -0.597. The van der Waals surface area contributed by atoms with Gasteiger partial charge in [0, 0.05) is 50.3 Å². The van der Waals surface area contributed by atoms with Crippen LogP contribution in [0.1, 0.15) is 39.9 Å². The zero-order valence-electron chi connectivity index (χ0n) is 17.6. The van der Waals surface area contributed by atoms with Crippen molar-refractivity contribution in [2.24, 2.45) is 0 Å². The number of nitrogens with one attached hydrogen (secondary N) is 2. The number of amides is 1. The molecule has 158 valence electrons. The fourth-order valence-corrected chi connectivity index (χ4v) is 4.58. The van der Waals surface area contributed by atoms with Crippen LogP contribution >= 0.6 is 11.6 Å². The van der Waals surface area contributed by atoms with Crippen molar-refractivity contribution >= 4 is 23.2 Å². The number of aryl methyl sites for hydroxylation is 2. The van der Waals surface area contributed by atoms with E-state index in [1.807, 2.05) is 50.2 Å². The van der Waals surface area contributed by atoms with Crippen LogP contribution in [0.15, 0.2) is 43.0 Å². The average molecular weight is 426 g/mol. The first kappa shape index (κ1) is 20.8. The molecule has 4 rings (SSSR count). The summed E-state index contributed by atoms with van der Waals surface area (Å²) in [5.74, 6) is 0.651. The van der Waals surface area contributed by atoms with Crippen molar-refractivity contribution < 1.29 is 9.53 Å². The van der Waals surface area contributed by atoms with Crippen molar-refractivity contribution in [3.05, 3.63) is 70.3 Å². The summed E-state index contributed by atoms with van der Waals surface area (Å²) in [6, 6.07) is 11.6. The summed E-state index contributed by atoms with van der Waals surface area (Å²) in [6.45, 7) is 11.6. The van der Waals surface area contributed by atoms with Crippen molar-refractivity contribution in [3.8, 4) is 5.75 Å². The van der Waals surface area contributed by atoms with Crippen LogP contribution in [0.2, 0.25) is 5.02 Å². The van der Waals surface area contributed by atoms with Gasteiger partial charge in [0.05, 0.1) is 10.6 Å². The van der Waals surface area contributed by atoms with E-state index in [9.17, 15) is 4.79 Å². The van der Waals surface area contributed by atoms with Crippen LogP contribution in [0.5, 0.6) is 5.75 Å². The maximum Gasteiger partial charge on any atom is 0.258 e. The molecule has 1 amide bonds. The Balaban J connectivity index is 1.30. The van der Waals surface area contributed by atoms with Gasteiger partial charge in [0.1, 0.15) is 5.75 Å². The molecule has 1 fully saturated rings. The van der Waals surface area contributed by atoms with Gasteiger partial charge in [-0.1, -0.05) is 36.4 Å². The van der Waals surface area contributed by atoms with Gasteiger partial charge in [-0.15, -0.1) is 0 Å². The monoisotopic (exact) mass is 425 g/mol. The van der Waals surface area contributed by atoms with Crippen LogP contribution in [0, 0.1) is 13.8 Å². The van der Waals surface area contributed by atoms with Crippen molar-refractivity contribution in [1.29, 1.82) is 0 Å². The van der Waals surface area contributed by atoms with Gasteiger partial charge >= 0.3 is 0 Å². The standard InChI is InChI=1S/C24H28ClN3O2/c1-16-7-8-19-21(15-16)30-24(27-23(19)29)9-12-28(13-10-24)14-11-26-18(3)22-17(2)5-4-6-20(22)25/h4-8,15,26H,3,9-14H2,1-2H3,(H,27,29). The molecule has 1 saturated heterocycles. The molecule has 0 aliphatic carbocycles. The first-order valence-electron chi connectivity index (χ1n) is 10.4. The summed E-state index contributed by atoms with van der Waals surface area (Å²) in [6.07, 6.45) is 1.52. The van der Waals surface area contributed by atoms with Gasteiger partial charge in [-0.3, -0.25) is 4.79 Å². The molecule has 0 bridgehead atoms. The van der Waals surface area contributed by atoms with E-state index in [4.69, 9.17) is 16.3 Å². The van der Waals surface area contributed by atoms with Crippen molar-refractivity contribution in [2.45, 2.75) is 32.4 Å². The van der Waals surface area contributed by atoms with Crippen molar-refractivity contribution in [3.63, 3.8) is 0 Å². The summed E-state index contributed by atoms with van der Waals surface area (Å²) in [7, 11) is 0. The van der Waals surface area contributed by atoms with Crippen molar-refractivity contribution in [2.75, 3.05) is 26.2 Å². The Labute approximate surface area is 183 Å². The molecule has 5 nitrogen and oxygen atoms in total. The van der Waals surface area contributed by atoms with Crippen LogP contribution < -0.4 is 15.4 Å². The molecule has 0 radical (unpaired) electrons. The summed E-state index contributed by atoms with van der Waals surface area (Å²) in [5.41, 5.74) is 4.05. The van der Waals surface area contributed by atoms with Gasteiger partial charge in [0.15, 0.2) is 5.72 Å². The smallest absolute Gasteiger partial charge is 0.258 e. The normalized spacial score (nSPS) is 17.8. The van der Waals surface area contributed by atoms with Gasteiger partial charge in [0.2, 0.25) is 0 Å². The molecule has 6 heteroatoms. The van der Waals surface area contributed by atoms with Crippen LogP contribution in [0.4, 0.5) is 0 Å². The molecule has 2 aromatic rings. The van der Waals surface area contributed by atoms with E-state index in [0.717, 1.165) is 61.4 Å². The number of halogens is 1. The number of likely N-dealkylation sites (tertiary alicyclic amines) is 1. The van der Waals surface area contributed by atoms with E-state index in [0.29, 0.717) is 16.3 Å². The molecular weight excluding hydrogens is 398 g/mol. The average Bonchev–Trinajstić information content (AvgIpc) is 2.69. The molecule has 2 aliphatic heterocycles. The molecule has 0 unspecified atom stereocenters. The molecule has 0 atom stereocenters. The topological polar surface area (TPSA) is 53.6 Å². The van der Waals surface area contributed by atoms with E-state index in [1.54, 1.807) is 0 Å². The maximum absolute atomic E-state index is 12.6. The minimum Gasteiger partial charge on any atom is -0.467 e. The Kier molecular flexibility index (Phi) is 5.76. The molecule has 1 spiro atoms. The summed E-state index contributed by atoms with van der Waals surface area (Å²) < 4.78 is 6.28. The Morgan fingerprint density at radius 3 is 2.77 bits per heavy atom. The maximum atomic E-state index is 12.6. The number of carbonyl (C=O) groups is 1. The van der Waals surface area contributed by atoms with Crippen LogP contribution in [0.25, 0.3) is 5.70 Å².